The average molecular weight is 323 g/mol. The van der Waals surface area contributed by atoms with Crippen LogP contribution in [0.3, 0.4) is 0 Å². The molecule has 1 saturated carbocycles. The predicted octanol–water partition coefficient (Wildman–Crippen LogP) is 2.96. The molecule has 23 heavy (non-hydrogen) atoms. The minimum absolute atomic E-state index is 0.112. The summed E-state index contributed by atoms with van der Waals surface area (Å²) in [6, 6.07) is 5.27. The van der Waals surface area contributed by atoms with E-state index in [1.165, 1.54) is 0 Å². The van der Waals surface area contributed by atoms with Crippen LogP contribution >= 0.6 is 0 Å². The van der Waals surface area contributed by atoms with E-state index in [1.807, 2.05) is 6.92 Å². The number of hydrogen-bond donors (Lipinski definition) is 2. The standard InChI is InChI=1S/C17H24FNO.CH2O2/c1-13-8-14(10-15(18)9-13)11-19-7-3-6-17(12-19)5-2-4-16(17)20;2-1-3/h8-10,16,20H,2-7,11-12H2,1H3;1H,(H,2,3)/t16-,17-;/m1./s1. The summed E-state index contributed by atoms with van der Waals surface area (Å²) in [7, 11) is 0. The van der Waals surface area contributed by atoms with Gasteiger partial charge in [0.25, 0.3) is 6.47 Å². The number of rotatable bonds is 2. The third-order valence-electron chi connectivity index (χ3n) is 5.05. The van der Waals surface area contributed by atoms with Crippen molar-refractivity contribution < 1.29 is 19.4 Å². The molecule has 2 fully saturated rings. The second kappa shape index (κ2) is 7.88. The van der Waals surface area contributed by atoms with E-state index in [-0.39, 0.29) is 23.8 Å². The summed E-state index contributed by atoms with van der Waals surface area (Å²) < 4.78 is 13.5. The summed E-state index contributed by atoms with van der Waals surface area (Å²) in [4.78, 5) is 10.8. The van der Waals surface area contributed by atoms with E-state index < -0.39 is 0 Å². The van der Waals surface area contributed by atoms with Gasteiger partial charge in [-0.15, -0.1) is 0 Å². The average Bonchev–Trinajstić information content (AvgIpc) is 2.79. The summed E-state index contributed by atoms with van der Waals surface area (Å²) in [5, 5.41) is 17.2. The van der Waals surface area contributed by atoms with Gasteiger partial charge in [-0.1, -0.05) is 12.5 Å². The number of aliphatic hydroxyl groups is 1. The smallest absolute Gasteiger partial charge is 0.290 e. The summed E-state index contributed by atoms with van der Waals surface area (Å²) in [5.41, 5.74) is 2.14. The number of piperidine rings is 1. The van der Waals surface area contributed by atoms with E-state index in [2.05, 4.69) is 11.0 Å². The number of carboxylic acid groups (broad SMARTS) is 1. The summed E-state index contributed by atoms with van der Waals surface area (Å²) >= 11 is 0. The molecule has 1 aromatic carbocycles. The second-order valence-corrected chi connectivity index (χ2v) is 6.83. The highest BCUT2D eigenvalue weighted by atomic mass is 19.1. The first kappa shape index (κ1) is 17.9. The van der Waals surface area contributed by atoms with Crippen LogP contribution in [0.25, 0.3) is 0 Å². The zero-order valence-corrected chi connectivity index (χ0v) is 13.7. The Bertz CT molecular complexity index is 517. The molecule has 1 aliphatic heterocycles. The number of carbonyl (C=O) groups is 1. The van der Waals surface area contributed by atoms with Crippen LogP contribution in [0, 0.1) is 18.2 Å². The molecule has 0 radical (unpaired) electrons. The molecular weight excluding hydrogens is 297 g/mol. The Morgan fingerprint density at radius 2 is 2.04 bits per heavy atom. The maximum Gasteiger partial charge on any atom is 0.290 e. The first-order chi connectivity index (χ1) is 11.0. The van der Waals surface area contributed by atoms with Crippen molar-refractivity contribution in [2.75, 3.05) is 13.1 Å². The number of likely N-dealkylation sites (tertiary alicyclic amines) is 1. The van der Waals surface area contributed by atoms with Gasteiger partial charge in [0.15, 0.2) is 0 Å². The van der Waals surface area contributed by atoms with Crippen molar-refractivity contribution >= 4 is 6.47 Å². The van der Waals surface area contributed by atoms with E-state index in [4.69, 9.17) is 9.90 Å². The molecule has 3 rings (SSSR count). The third-order valence-corrected chi connectivity index (χ3v) is 5.05. The van der Waals surface area contributed by atoms with Crippen molar-refractivity contribution in [3.05, 3.63) is 35.1 Å². The molecule has 2 aliphatic rings. The van der Waals surface area contributed by atoms with Gasteiger partial charge in [0.1, 0.15) is 5.82 Å². The fraction of sp³-hybridized carbons (Fsp3) is 0.611. The summed E-state index contributed by atoms with van der Waals surface area (Å²) in [6.07, 6.45) is 5.39. The highest BCUT2D eigenvalue weighted by molar-refractivity contribution is 5.32. The fourth-order valence-electron chi connectivity index (χ4n) is 4.15. The summed E-state index contributed by atoms with van der Waals surface area (Å²) in [6.45, 7) is 4.51. The summed E-state index contributed by atoms with van der Waals surface area (Å²) in [5.74, 6) is -0.146. The van der Waals surface area contributed by atoms with E-state index >= 15 is 0 Å². The number of aliphatic hydroxyl groups excluding tert-OH is 1. The van der Waals surface area contributed by atoms with Gasteiger partial charge >= 0.3 is 0 Å². The Morgan fingerprint density at radius 3 is 2.65 bits per heavy atom. The van der Waals surface area contributed by atoms with Crippen LogP contribution in [-0.4, -0.2) is 40.8 Å². The first-order valence-corrected chi connectivity index (χ1v) is 8.23. The molecule has 1 heterocycles. The zero-order valence-electron chi connectivity index (χ0n) is 13.7. The van der Waals surface area contributed by atoms with Gasteiger partial charge in [0.05, 0.1) is 6.10 Å². The van der Waals surface area contributed by atoms with Gasteiger partial charge < -0.3 is 10.2 Å². The van der Waals surface area contributed by atoms with Crippen LogP contribution in [-0.2, 0) is 11.3 Å². The molecular formula is C18H26FNO3. The molecule has 2 N–H and O–H groups in total. The normalized spacial score (nSPS) is 27.5. The fourth-order valence-corrected chi connectivity index (χ4v) is 4.15. The maximum absolute atomic E-state index is 13.5. The Kier molecular flexibility index (Phi) is 6.13. The molecule has 1 saturated heterocycles. The highest BCUT2D eigenvalue weighted by Crippen LogP contribution is 2.45. The number of aryl methyl sites for hydroxylation is 1. The molecule has 2 atom stereocenters. The SMILES string of the molecule is Cc1cc(F)cc(CN2CCC[C@]3(CCC[C@H]3O)C2)c1.O=CO. The molecule has 1 aromatic rings. The second-order valence-electron chi connectivity index (χ2n) is 6.83. The minimum Gasteiger partial charge on any atom is -0.483 e. The number of nitrogens with zero attached hydrogens (tertiary/aromatic N) is 1. The molecule has 0 aromatic heterocycles. The van der Waals surface area contributed by atoms with E-state index in [1.54, 1.807) is 12.1 Å². The van der Waals surface area contributed by atoms with E-state index in [9.17, 15) is 9.50 Å². The molecule has 128 valence electrons. The molecule has 0 bridgehead atoms. The van der Waals surface area contributed by atoms with Crippen molar-refractivity contribution in [1.82, 2.24) is 4.90 Å². The van der Waals surface area contributed by atoms with Gasteiger partial charge in [-0.3, -0.25) is 9.69 Å². The molecule has 5 heteroatoms. The lowest BCUT2D eigenvalue weighted by Crippen LogP contribution is -2.46. The predicted molar refractivity (Wildman–Crippen MR) is 86.6 cm³/mol. The lowest BCUT2D eigenvalue weighted by atomic mass is 9.76. The topological polar surface area (TPSA) is 60.8 Å². The number of halogens is 1. The van der Waals surface area contributed by atoms with Crippen molar-refractivity contribution in [1.29, 1.82) is 0 Å². The Morgan fingerprint density at radius 1 is 1.35 bits per heavy atom. The molecule has 0 amide bonds. The lowest BCUT2D eigenvalue weighted by Gasteiger charge is -2.42. The van der Waals surface area contributed by atoms with E-state index in [0.29, 0.717) is 0 Å². The van der Waals surface area contributed by atoms with Crippen LogP contribution in [0.2, 0.25) is 0 Å². The van der Waals surface area contributed by atoms with Crippen LogP contribution in [0.5, 0.6) is 0 Å². The van der Waals surface area contributed by atoms with E-state index in [0.717, 1.165) is 62.9 Å². The van der Waals surface area contributed by atoms with Crippen molar-refractivity contribution in [3.63, 3.8) is 0 Å². The van der Waals surface area contributed by atoms with Crippen molar-refractivity contribution in [3.8, 4) is 0 Å². The molecule has 0 unspecified atom stereocenters. The van der Waals surface area contributed by atoms with Crippen LogP contribution in [0.1, 0.15) is 43.2 Å². The molecule has 1 spiro atoms. The van der Waals surface area contributed by atoms with Crippen molar-refractivity contribution in [2.24, 2.45) is 5.41 Å². The van der Waals surface area contributed by atoms with Crippen LogP contribution in [0.15, 0.2) is 18.2 Å². The zero-order chi connectivity index (χ0) is 16.9. The molecule has 4 nitrogen and oxygen atoms in total. The monoisotopic (exact) mass is 323 g/mol. The van der Waals surface area contributed by atoms with Crippen LogP contribution < -0.4 is 0 Å². The Hall–Kier alpha value is -1.46. The van der Waals surface area contributed by atoms with Crippen molar-refractivity contribution in [2.45, 2.75) is 51.7 Å². The minimum atomic E-state index is -0.250. The quantitative estimate of drug-likeness (QED) is 0.822. The van der Waals surface area contributed by atoms with Crippen LogP contribution in [0.4, 0.5) is 4.39 Å². The van der Waals surface area contributed by atoms with Gasteiger partial charge in [0, 0.05) is 18.5 Å². The maximum atomic E-state index is 13.5. The Balaban J connectivity index is 0.000000595. The lowest BCUT2D eigenvalue weighted by molar-refractivity contribution is -0.122. The third kappa shape index (κ3) is 4.52. The molecule has 1 aliphatic carbocycles. The number of benzene rings is 1. The number of hydrogen-bond acceptors (Lipinski definition) is 3. The Labute approximate surface area is 136 Å². The van der Waals surface area contributed by atoms with Gasteiger partial charge in [-0.25, -0.2) is 4.39 Å². The van der Waals surface area contributed by atoms with Gasteiger partial charge in [-0.05, 0) is 62.4 Å². The largest absolute Gasteiger partial charge is 0.483 e. The first-order valence-electron chi connectivity index (χ1n) is 8.23. The van der Waals surface area contributed by atoms with Gasteiger partial charge in [0.2, 0.25) is 0 Å². The highest BCUT2D eigenvalue weighted by Gasteiger charge is 2.44. The van der Waals surface area contributed by atoms with Gasteiger partial charge in [-0.2, -0.15) is 0 Å².